The number of amides is 2. The Kier molecular flexibility index (Phi) is 8.17. The third-order valence-electron chi connectivity index (χ3n) is 5.75. The first-order valence-electron chi connectivity index (χ1n) is 11.6. The molecule has 0 aliphatic carbocycles. The number of benzene rings is 3. The first-order chi connectivity index (χ1) is 16.5. The molecule has 0 saturated heterocycles. The number of hydrogen-bond donors (Lipinski definition) is 1. The molecule has 7 nitrogen and oxygen atoms in total. The smallest absolute Gasteiger partial charge is 0.244 e. The number of sulfonamides is 1. The van der Waals surface area contributed by atoms with Crippen LogP contribution in [0.15, 0.2) is 66.7 Å². The Bertz CT molecular complexity index is 1320. The van der Waals surface area contributed by atoms with E-state index >= 15 is 0 Å². The molecule has 35 heavy (non-hydrogen) atoms. The molecule has 0 heterocycles. The van der Waals surface area contributed by atoms with Gasteiger partial charge < -0.3 is 10.2 Å². The molecular weight excluding hydrogens is 462 g/mol. The van der Waals surface area contributed by atoms with Gasteiger partial charge in [-0.05, 0) is 44.7 Å². The monoisotopic (exact) mass is 495 g/mol. The molecular formula is C27H33N3O4S. The van der Waals surface area contributed by atoms with Crippen LogP contribution in [0.1, 0.15) is 31.9 Å². The lowest BCUT2D eigenvalue weighted by atomic mass is 10.1. The molecule has 0 unspecified atom stereocenters. The number of rotatable bonds is 9. The van der Waals surface area contributed by atoms with Crippen LogP contribution in [0.5, 0.6) is 0 Å². The Morgan fingerprint density at radius 1 is 0.943 bits per heavy atom. The molecule has 0 aromatic heterocycles. The summed E-state index contributed by atoms with van der Waals surface area (Å²) in [4.78, 5) is 28.0. The zero-order valence-corrected chi connectivity index (χ0v) is 21.7. The fourth-order valence-corrected chi connectivity index (χ4v) is 4.88. The van der Waals surface area contributed by atoms with E-state index in [1.165, 1.54) is 4.90 Å². The Balaban J connectivity index is 2.00. The summed E-state index contributed by atoms with van der Waals surface area (Å²) >= 11 is 0. The van der Waals surface area contributed by atoms with E-state index in [0.717, 1.165) is 32.5 Å². The molecule has 0 fully saturated rings. The van der Waals surface area contributed by atoms with E-state index in [4.69, 9.17) is 0 Å². The van der Waals surface area contributed by atoms with Crippen molar-refractivity contribution >= 4 is 38.3 Å². The maximum Gasteiger partial charge on any atom is 0.244 e. The molecule has 186 valence electrons. The van der Waals surface area contributed by atoms with Crippen LogP contribution in [0.2, 0.25) is 0 Å². The predicted molar refractivity (Wildman–Crippen MR) is 141 cm³/mol. The van der Waals surface area contributed by atoms with Crippen molar-refractivity contribution in [3.63, 3.8) is 0 Å². The Hall–Kier alpha value is -3.39. The highest BCUT2D eigenvalue weighted by atomic mass is 32.2. The number of fused-ring (bicyclic) bond motifs is 1. The third-order valence-corrected chi connectivity index (χ3v) is 6.87. The van der Waals surface area contributed by atoms with Gasteiger partial charge in [0, 0.05) is 18.0 Å². The number of aryl methyl sites for hydroxylation is 1. The fourth-order valence-electron chi connectivity index (χ4n) is 4.02. The number of nitrogens with zero attached hydrogens (tertiary/aromatic N) is 2. The molecule has 0 bridgehead atoms. The topological polar surface area (TPSA) is 86.8 Å². The van der Waals surface area contributed by atoms with Crippen LogP contribution < -0.4 is 9.62 Å². The molecule has 0 radical (unpaired) electrons. The molecule has 2 amide bonds. The summed E-state index contributed by atoms with van der Waals surface area (Å²) in [5.41, 5.74) is 2.31. The van der Waals surface area contributed by atoms with Gasteiger partial charge in [-0.15, -0.1) is 0 Å². The van der Waals surface area contributed by atoms with E-state index < -0.39 is 28.5 Å². The van der Waals surface area contributed by atoms with Crippen LogP contribution in [0.25, 0.3) is 10.8 Å². The second-order valence-electron chi connectivity index (χ2n) is 9.12. The van der Waals surface area contributed by atoms with Crippen LogP contribution >= 0.6 is 0 Å². The second kappa shape index (κ2) is 10.9. The van der Waals surface area contributed by atoms with E-state index in [1.54, 1.807) is 19.1 Å². The number of carbonyl (C=O) groups is 2. The summed E-state index contributed by atoms with van der Waals surface area (Å²) in [5.74, 6) is -0.756. The zero-order valence-electron chi connectivity index (χ0n) is 20.9. The van der Waals surface area contributed by atoms with Crippen LogP contribution in [-0.4, -0.2) is 50.0 Å². The van der Waals surface area contributed by atoms with Gasteiger partial charge in [0.1, 0.15) is 12.6 Å². The van der Waals surface area contributed by atoms with Gasteiger partial charge in [-0.25, -0.2) is 8.42 Å². The summed E-state index contributed by atoms with van der Waals surface area (Å²) in [6, 6.07) is 19.6. The van der Waals surface area contributed by atoms with Crippen LogP contribution in [-0.2, 0) is 26.2 Å². The van der Waals surface area contributed by atoms with Crippen molar-refractivity contribution < 1.29 is 18.0 Å². The minimum absolute atomic E-state index is 0.0935. The molecule has 3 aromatic carbocycles. The summed E-state index contributed by atoms with van der Waals surface area (Å²) in [6.07, 6.45) is 1.09. The van der Waals surface area contributed by atoms with Gasteiger partial charge in [-0.1, -0.05) is 66.2 Å². The highest BCUT2D eigenvalue weighted by Crippen LogP contribution is 2.28. The standard InChI is InChI=1S/C27H33N3O4S/c1-19(2)28-27(32)21(4)29(17-22-11-8-10-20(3)16-22)26(31)18-30(35(5,33)34)25-15-9-13-23-12-6-7-14-24(23)25/h6-16,19,21H,17-18H2,1-5H3,(H,28,32)/t21-/m0/s1. The van der Waals surface area contributed by atoms with Gasteiger partial charge in [0.15, 0.2) is 0 Å². The van der Waals surface area contributed by atoms with E-state index in [2.05, 4.69) is 5.32 Å². The van der Waals surface area contributed by atoms with Crippen molar-refractivity contribution in [1.82, 2.24) is 10.2 Å². The third kappa shape index (κ3) is 6.60. The summed E-state index contributed by atoms with van der Waals surface area (Å²) < 4.78 is 26.8. The van der Waals surface area contributed by atoms with E-state index in [0.29, 0.717) is 5.69 Å². The van der Waals surface area contributed by atoms with E-state index in [9.17, 15) is 18.0 Å². The lowest BCUT2D eigenvalue weighted by Crippen LogP contribution is -2.52. The van der Waals surface area contributed by atoms with Crippen LogP contribution in [0.3, 0.4) is 0 Å². The first-order valence-corrected chi connectivity index (χ1v) is 13.4. The number of anilines is 1. The minimum atomic E-state index is -3.80. The van der Waals surface area contributed by atoms with Gasteiger partial charge in [-0.3, -0.25) is 13.9 Å². The highest BCUT2D eigenvalue weighted by Gasteiger charge is 2.30. The van der Waals surface area contributed by atoms with Gasteiger partial charge in [0.25, 0.3) is 0 Å². The first kappa shape index (κ1) is 26.2. The van der Waals surface area contributed by atoms with Gasteiger partial charge >= 0.3 is 0 Å². The number of nitrogens with one attached hydrogen (secondary N) is 1. The van der Waals surface area contributed by atoms with Crippen molar-refractivity contribution in [2.24, 2.45) is 0 Å². The summed E-state index contributed by atoms with van der Waals surface area (Å²) in [6.45, 7) is 7.08. The van der Waals surface area contributed by atoms with Crippen molar-refractivity contribution in [1.29, 1.82) is 0 Å². The lowest BCUT2D eigenvalue weighted by molar-refractivity contribution is -0.139. The molecule has 8 heteroatoms. The molecule has 0 saturated carbocycles. The Morgan fingerprint density at radius 2 is 1.60 bits per heavy atom. The molecule has 3 rings (SSSR count). The minimum Gasteiger partial charge on any atom is -0.352 e. The maximum atomic E-state index is 13.7. The van der Waals surface area contributed by atoms with Crippen molar-refractivity contribution in [3.05, 3.63) is 77.9 Å². The normalized spacial score (nSPS) is 12.4. The van der Waals surface area contributed by atoms with Crippen LogP contribution in [0.4, 0.5) is 5.69 Å². The van der Waals surface area contributed by atoms with Gasteiger partial charge in [0.2, 0.25) is 21.8 Å². The van der Waals surface area contributed by atoms with Crippen molar-refractivity contribution in [2.45, 2.75) is 46.3 Å². The Labute approximate surface area is 207 Å². The number of carbonyl (C=O) groups excluding carboxylic acids is 2. The number of hydrogen-bond acceptors (Lipinski definition) is 4. The molecule has 1 atom stereocenters. The summed E-state index contributed by atoms with van der Waals surface area (Å²) in [7, 11) is -3.80. The highest BCUT2D eigenvalue weighted by molar-refractivity contribution is 7.92. The Morgan fingerprint density at radius 3 is 2.26 bits per heavy atom. The fraction of sp³-hybridized carbons (Fsp3) is 0.333. The lowest BCUT2D eigenvalue weighted by Gasteiger charge is -2.32. The molecule has 3 aromatic rings. The van der Waals surface area contributed by atoms with Gasteiger partial charge in [-0.2, -0.15) is 0 Å². The molecule has 1 N–H and O–H groups in total. The second-order valence-corrected chi connectivity index (χ2v) is 11.0. The quantitative estimate of drug-likeness (QED) is 0.488. The van der Waals surface area contributed by atoms with Crippen molar-refractivity contribution in [3.8, 4) is 0 Å². The zero-order chi connectivity index (χ0) is 25.8. The van der Waals surface area contributed by atoms with Gasteiger partial charge in [0.05, 0.1) is 11.9 Å². The molecule has 0 aliphatic rings. The largest absolute Gasteiger partial charge is 0.352 e. The van der Waals surface area contributed by atoms with Crippen molar-refractivity contribution in [2.75, 3.05) is 17.1 Å². The van der Waals surface area contributed by atoms with Crippen LogP contribution in [0, 0.1) is 6.92 Å². The summed E-state index contributed by atoms with van der Waals surface area (Å²) in [5, 5.41) is 4.44. The maximum absolute atomic E-state index is 13.7. The SMILES string of the molecule is Cc1cccc(CN(C(=O)CN(c2cccc3ccccc23)S(C)(=O)=O)[C@@H](C)C(=O)NC(C)C)c1. The predicted octanol–water partition coefficient (Wildman–Crippen LogP) is 3.86. The molecule has 0 aliphatic heterocycles. The van der Waals surface area contributed by atoms with E-state index in [-0.39, 0.29) is 18.5 Å². The average Bonchev–Trinajstić information content (AvgIpc) is 2.79. The molecule has 0 spiro atoms. The van der Waals surface area contributed by atoms with E-state index in [1.807, 2.05) is 75.4 Å². The average molecular weight is 496 g/mol.